The molecule has 0 unspecified atom stereocenters. The van der Waals surface area contributed by atoms with E-state index < -0.39 is 25.2 Å². The topological polar surface area (TPSA) is 132 Å². The van der Waals surface area contributed by atoms with Gasteiger partial charge in [0, 0.05) is 23.7 Å². The van der Waals surface area contributed by atoms with Crippen LogP contribution in [0.4, 0.5) is 0 Å². The predicted molar refractivity (Wildman–Crippen MR) is 130 cm³/mol. The molecule has 0 heterocycles. The van der Waals surface area contributed by atoms with Crippen LogP contribution in [0.15, 0.2) is 42.5 Å². The standard InChI is InChI=1S/C24H26N2O8S/c1-26(24(30)16-7-5-15(6-8-16)23(25)35-4)12-18(27)17-9-10-19(33-13-21(28)31-2)20(11-17)34-14-22(29)32-3/h5-11,25H,12-14H2,1-4H3. The molecule has 0 fully saturated rings. The third kappa shape index (κ3) is 7.85. The fourth-order valence-corrected chi connectivity index (χ4v) is 3.16. The molecule has 1 N–H and O–H groups in total. The lowest BCUT2D eigenvalue weighted by atomic mass is 10.1. The van der Waals surface area contributed by atoms with Crippen molar-refractivity contribution in [3.8, 4) is 11.5 Å². The zero-order valence-electron chi connectivity index (χ0n) is 19.8. The Morgan fingerprint density at radius 3 is 1.89 bits per heavy atom. The number of Topliss-reactive ketones (excluding diaryl/α,β-unsaturated/α-hetero) is 1. The number of nitrogens with one attached hydrogen (secondary N) is 1. The van der Waals surface area contributed by atoms with Crippen LogP contribution in [-0.4, -0.2) is 80.9 Å². The van der Waals surface area contributed by atoms with Gasteiger partial charge < -0.3 is 23.8 Å². The minimum Gasteiger partial charge on any atom is -0.478 e. The number of amides is 1. The van der Waals surface area contributed by atoms with Crippen LogP contribution in [0, 0.1) is 5.41 Å². The van der Waals surface area contributed by atoms with Crippen LogP contribution in [0.3, 0.4) is 0 Å². The summed E-state index contributed by atoms with van der Waals surface area (Å²) in [5, 5.41) is 8.22. The van der Waals surface area contributed by atoms with Crippen molar-refractivity contribution in [3.05, 3.63) is 59.2 Å². The molecule has 0 saturated heterocycles. The molecule has 186 valence electrons. The lowest BCUT2D eigenvalue weighted by Gasteiger charge is -2.17. The van der Waals surface area contributed by atoms with E-state index in [4.69, 9.17) is 14.9 Å². The van der Waals surface area contributed by atoms with E-state index in [0.717, 1.165) is 0 Å². The first-order chi connectivity index (χ1) is 16.7. The lowest BCUT2D eigenvalue weighted by Crippen LogP contribution is -2.32. The van der Waals surface area contributed by atoms with Gasteiger partial charge in [-0.05, 0) is 36.6 Å². The Labute approximate surface area is 207 Å². The van der Waals surface area contributed by atoms with Crippen LogP contribution in [0.2, 0.25) is 0 Å². The smallest absolute Gasteiger partial charge is 0.343 e. The van der Waals surface area contributed by atoms with E-state index in [1.807, 2.05) is 0 Å². The summed E-state index contributed by atoms with van der Waals surface area (Å²) in [4.78, 5) is 49.7. The molecular weight excluding hydrogens is 476 g/mol. The van der Waals surface area contributed by atoms with Crippen LogP contribution in [0.5, 0.6) is 11.5 Å². The maximum absolute atomic E-state index is 12.9. The minimum absolute atomic E-state index is 0.0472. The van der Waals surface area contributed by atoms with E-state index in [2.05, 4.69) is 9.47 Å². The summed E-state index contributed by atoms with van der Waals surface area (Å²) in [7, 11) is 3.91. The second-order valence-corrected chi connectivity index (χ2v) is 7.90. The van der Waals surface area contributed by atoms with Gasteiger partial charge in [-0.2, -0.15) is 0 Å². The van der Waals surface area contributed by atoms with Crippen molar-refractivity contribution in [1.82, 2.24) is 4.90 Å². The number of thioether (sulfide) groups is 1. The average molecular weight is 503 g/mol. The summed E-state index contributed by atoms with van der Waals surface area (Å²) in [6, 6.07) is 10.8. The summed E-state index contributed by atoms with van der Waals surface area (Å²) in [5.41, 5.74) is 1.28. The van der Waals surface area contributed by atoms with Crippen molar-refractivity contribution in [2.75, 3.05) is 47.3 Å². The summed E-state index contributed by atoms with van der Waals surface area (Å²) in [6.07, 6.45) is 1.80. The molecule has 0 bridgehead atoms. The Hall–Kier alpha value is -3.86. The van der Waals surface area contributed by atoms with Crippen LogP contribution in [0.1, 0.15) is 26.3 Å². The molecule has 2 aromatic rings. The molecule has 0 aliphatic carbocycles. The molecule has 2 rings (SSSR count). The predicted octanol–water partition coefficient (Wildman–Crippen LogP) is 2.43. The maximum atomic E-state index is 12.9. The first kappa shape index (κ1) is 27.4. The molecule has 0 saturated carbocycles. The van der Waals surface area contributed by atoms with Gasteiger partial charge in [-0.1, -0.05) is 12.1 Å². The molecule has 2 aromatic carbocycles. The van der Waals surface area contributed by atoms with Crippen molar-refractivity contribution in [2.45, 2.75) is 0 Å². The number of hydrogen-bond donors (Lipinski definition) is 1. The van der Waals surface area contributed by atoms with Crippen molar-refractivity contribution < 1.29 is 38.1 Å². The van der Waals surface area contributed by atoms with Gasteiger partial charge in [-0.15, -0.1) is 11.8 Å². The number of esters is 2. The lowest BCUT2D eigenvalue weighted by molar-refractivity contribution is -0.144. The van der Waals surface area contributed by atoms with Gasteiger partial charge >= 0.3 is 11.9 Å². The number of carbonyl (C=O) groups is 4. The van der Waals surface area contributed by atoms with Crippen molar-refractivity contribution in [3.63, 3.8) is 0 Å². The van der Waals surface area contributed by atoms with Gasteiger partial charge in [0.05, 0.1) is 25.8 Å². The number of hydrogen-bond acceptors (Lipinski definition) is 10. The van der Waals surface area contributed by atoms with Gasteiger partial charge in [-0.3, -0.25) is 15.0 Å². The highest BCUT2D eigenvalue weighted by molar-refractivity contribution is 8.13. The monoisotopic (exact) mass is 502 g/mol. The van der Waals surface area contributed by atoms with E-state index in [1.165, 1.54) is 56.1 Å². The zero-order valence-corrected chi connectivity index (χ0v) is 20.6. The highest BCUT2D eigenvalue weighted by Gasteiger charge is 2.19. The van der Waals surface area contributed by atoms with Gasteiger partial charge in [0.1, 0.15) is 0 Å². The summed E-state index contributed by atoms with van der Waals surface area (Å²) < 4.78 is 19.8. The highest BCUT2D eigenvalue weighted by Crippen LogP contribution is 2.29. The Morgan fingerprint density at radius 2 is 1.34 bits per heavy atom. The van der Waals surface area contributed by atoms with E-state index in [-0.39, 0.29) is 35.3 Å². The maximum Gasteiger partial charge on any atom is 0.343 e. The number of methoxy groups -OCH3 is 2. The first-order valence-corrected chi connectivity index (χ1v) is 11.5. The zero-order chi connectivity index (χ0) is 26.0. The number of benzene rings is 2. The van der Waals surface area contributed by atoms with E-state index in [1.54, 1.807) is 30.5 Å². The summed E-state index contributed by atoms with van der Waals surface area (Å²) in [5.74, 6) is -1.85. The van der Waals surface area contributed by atoms with Gasteiger partial charge in [-0.25, -0.2) is 9.59 Å². The highest BCUT2D eigenvalue weighted by atomic mass is 32.2. The van der Waals surface area contributed by atoms with Gasteiger partial charge in [0.25, 0.3) is 5.91 Å². The molecule has 0 aliphatic rings. The van der Waals surface area contributed by atoms with Crippen LogP contribution < -0.4 is 9.47 Å². The van der Waals surface area contributed by atoms with Crippen LogP contribution >= 0.6 is 11.8 Å². The SMILES string of the molecule is COC(=O)COc1ccc(C(=O)CN(C)C(=O)c2ccc(C(=N)SC)cc2)cc1OCC(=O)OC. The van der Waals surface area contributed by atoms with Gasteiger partial charge in [0.2, 0.25) is 0 Å². The second-order valence-electron chi connectivity index (χ2n) is 7.09. The average Bonchev–Trinajstić information content (AvgIpc) is 2.89. The van der Waals surface area contributed by atoms with Crippen molar-refractivity contribution in [1.29, 1.82) is 5.41 Å². The number of carbonyl (C=O) groups excluding carboxylic acids is 4. The van der Waals surface area contributed by atoms with E-state index in [9.17, 15) is 19.2 Å². The largest absolute Gasteiger partial charge is 0.478 e. The molecule has 0 aromatic heterocycles. The Bertz CT molecular complexity index is 1100. The van der Waals surface area contributed by atoms with Crippen molar-refractivity contribution >= 4 is 40.4 Å². The number of nitrogens with zero attached hydrogens (tertiary/aromatic N) is 1. The second kappa shape index (κ2) is 13.1. The summed E-state index contributed by atoms with van der Waals surface area (Å²) in [6.45, 7) is -1.06. The quantitative estimate of drug-likeness (QED) is 0.213. The van der Waals surface area contributed by atoms with Crippen molar-refractivity contribution in [2.24, 2.45) is 0 Å². The molecule has 0 spiro atoms. The molecule has 0 radical (unpaired) electrons. The molecule has 0 atom stereocenters. The molecule has 10 nitrogen and oxygen atoms in total. The number of ether oxygens (including phenoxy) is 4. The molecular formula is C24H26N2O8S. The number of likely N-dealkylation sites (N-methyl/N-ethyl adjacent to an activating group) is 1. The summed E-state index contributed by atoms with van der Waals surface area (Å²) >= 11 is 1.29. The Kier molecular flexibility index (Phi) is 10.3. The third-order valence-electron chi connectivity index (χ3n) is 4.74. The Morgan fingerprint density at radius 1 is 0.829 bits per heavy atom. The number of ketones is 1. The molecule has 11 heteroatoms. The molecule has 0 aliphatic heterocycles. The van der Waals surface area contributed by atoms with Crippen LogP contribution in [-0.2, 0) is 19.1 Å². The van der Waals surface area contributed by atoms with Crippen LogP contribution in [0.25, 0.3) is 0 Å². The fourth-order valence-electron chi connectivity index (χ4n) is 2.79. The van der Waals surface area contributed by atoms with E-state index in [0.29, 0.717) is 16.2 Å². The molecule has 35 heavy (non-hydrogen) atoms. The first-order valence-electron chi connectivity index (χ1n) is 10.2. The minimum atomic E-state index is -0.648. The number of rotatable bonds is 11. The third-order valence-corrected chi connectivity index (χ3v) is 5.38. The molecule has 1 amide bonds. The van der Waals surface area contributed by atoms with Gasteiger partial charge in [0.15, 0.2) is 30.5 Å². The fraction of sp³-hybridized carbons (Fsp3) is 0.292. The van der Waals surface area contributed by atoms with E-state index >= 15 is 0 Å². The normalized spacial score (nSPS) is 10.2. The Balaban J connectivity index is 2.15.